The van der Waals surface area contributed by atoms with Gasteiger partial charge in [0, 0.05) is 26.0 Å². The van der Waals surface area contributed by atoms with E-state index in [1.807, 2.05) is 29.9 Å². The second-order valence-corrected chi connectivity index (χ2v) is 7.49. The lowest BCUT2D eigenvalue weighted by Crippen LogP contribution is -2.17. The van der Waals surface area contributed by atoms with Gasteiger partial charge in [-0.3, -0.25) is 4.79 Å². The van der Waals surface area contributed by atoms with Gasteiger partial charge in [0.25, 0.3) is 5.91 Å². The minimum absolute atomic E-state index is 0.198. The molecule has 0 aliphatic heterocycles. The molecule has 0 saturated carbocycles. The third-order valence-corrected chi connectivity index (χ3v) is 5.34. The van der Waals surface area contributed by atoms with E-state index >= 15 is 0 Å². The molecular formula is C22H18ClN7O2. The van der Waals surface area contributed by atoms with Crippen molar-refractivity contribution in [2.45, 2.75) is 0 Å². The zero-order valence-electron chi connectivity index (χ0n) is 17.2. The fourth-order valence-corrected chi connectivity index (χ4v) is 3.69. The van der Waals surface area contributed by atoms with E-state index < -0.39 is 0 Å². The van der Waals surface area contributed by atoms with Crippen LogP contribution in [0.15, 0.2) is 61.3 Å². The van der Waals surface area contributed by atoms with Crippen molar-refractivity contribution in [3.63, 3.8) is 0 Å². The van der Waals surface area contributed by atoms with Crippen LogP contribution in [-0.4, -0.2) is 37.1 Å². The summed E-state index contributed by atoms with van der Waals surface area (Å²) in [6.45, 7) is 0. The first-order valence-electron chi connectivity index (χ1n) is 9.73. The van der Waals surface area contributed by atoms with Crippen LogP contribution in [0.5, 0.6) is 11.5 Å². The van der Waals surface area contributed by atoms with E-state index in [1.54, 1.807) is 42.0 Å². The quantitative estimate of drug-likeness (QED) is 0.419. The number of carbonyl (C=O) groups is 1. The molecule has 10 heteroatoms. The Kier molecular flexibility index (Phi) is 4.87. The van der Waals surface area contributed by atoms with Crippen molar-refractivity contribution < 1.29 is 9.53 Å². The van der Waals surface area contributed by atoms with E-state index in [4.69, 9.17) is 16.3 Å². The maximum Gasteiger partial charge on any atom is 0.254 e. The number of aryl methyl sites for hydroxylation is 1. The van der Waals surface area contributed by atoms with Crippen molar-refractivity contribution in [3.8, 4) is 11.5 Å². The van der Waals surface area contributed by atoms with Gasteiger partial charge in [-0.25, -0.2) is 14.5 Å². The summed E-state index contributed by atoms with van der Waals surface area (Å²) in [6, 6.07) is 10.9. The summed E-state index contributed by atoms with van der Waals surface area (Å²) in [4.78, 5) is 20.5. The first kappa shape index (κ1) is 19.8. The zero-order valence-corrected chi connectivity index (χ0v) is 18.0. The molecule has 5 aromatic rings. The lowest BCUT2D eigenvalue weighted by molar-refractivity contribution is 0.0964. The summed E-state index contributed by atoms with van der Waals surface area (Å²) >= 11 is 6.48. The molecular weight excluding hydrogens is 430 g/mol. The second kappa shape index (κ2) is 7.86. The van der Waals surface area contributed by atoms with E-state index in [9.17, 15) is 4.79 Å². The molecule has 4 heterocycles. The van der Waals surface area contributed by atoms with Gasteiger partial charge in [-0.1, -0.05) is 11.6 Å². The Morgan fingerprint density at radius 1 is 1.16 bits per heavy atom. The minimum Gasteiger partial charge on any atom is -0.454 e. The van der Waals surface area contributed by atoms with Crippen molar-refractivity contribution in [1.29, 1.82) is 0 Å². The smallest absolute Gasteiger partial charge is 0.254 e. The number of ether oxygens (including phenoxy) is 1. The van der Waals surface area contributed by atoms with Gasteiger partial charge in [-0.05, 0) is 36.4 Å². The average Bonchev–Trinajstić information content (AvgIpc) is 3.39. The highest BCUT2D eigenvalue weighted by Gasteiger charge is 2.13. The Bertz CT molecular complexity index is 1470. The molecule has 0 radical (unpaired) electrons. The van der Waals surface area contributed by atoms with Crippen LogP contribution < -0.4 is 15.4 Å². The molecule has 0 saturated heterocycles. The third kappa shape index (κ3) is 3.48. The molecule has 160 valence electrons. The van der Waals surface area contributed by atoms with Gasteiger partial charge >= 0.3 is 0 Å². The van der Waals surface area contributed by atoms with Crippen LogP contribution in [0.1, 0.15) is 10.4 Å². The molecule has 5 rings (SSSR count). The van der Waals surface area contributed by atoms with Crippen LogP contribution in [0.2, 0.25) is 5.02 Å². The Hall–Kier alpha value is -4.11. The van der Waals surface area contributed by atoms with E-state index in [2.05, 4.69) is 25.7 Å². The number of pyridine rings is 1. The summed E-state index contributed by atoms with van der Waals surface area (Å²) in [5.41, 5.74) is 3.68. The van der Waals surface area contributed by atoms with Gasteiger partial charge in [-0.15, -0.1) is 0 Å². The highest BCUT2D eigenvalue weighted by molar-refractivity contribution is 6.32. The van der Waals surface area contributed by atoms with Crippen molar-refractivity contribution in [2.75, 3.05) is 12.4 Å². The van der Waals surface area contributed by atoms with E-state index in [0.29, 0.717) is 33.4 Å². The number of fused-ring (bicyclic) bond motifs is 2. The predicted molar refractivity (Wildman–Crippen MR) is 122 cm³/mol. The predicted octanol–water partition coefficient (Wildman–Crippen LogP) is 4.16. The Morgan fingerprint density at radius 3 is 2.84 bits per heavy atom. The average molecular weight is 448 g/mol. The highest BCUT2D eigenvalue weighted by Crippen LogP contribution is 2.33. The summed E-state index contributed by atoms with van der Waals surface area (Å²) in [5, 5.41) is 10.5. The first-order valence-corrected chi connectivity index (χ1v) is 10.1. The molecule has 0 spiro atoms. The number of nitrogens with zero attached hydrogens (tertiary/aromatic N) is 5. The Morgan fingerprint density at radius 2 is 2.03 bits per heavy atom. The maximum absolute atomic E-state index is 11.9. The summed E-state index contributed by atoms with van der Waals surface area (Å²) in [6.07, 6.45) is 6.66. The van der Waals surface area contributed by atoms with E-state index in [0.717, 1.165) is 16.7 Å². The summed E-state index contributed by atoms with van der Waals surface area (Å²) in [7, 11) is 3.52. The Labute approximate surface area is 187 Å². The molecule has 0 unspecified atom stereocenters. The number of amides is 1. The number of nitrogens with one attached hydrogen (secondary N) is 2. The fourth-order valence-electron chi connectivity index (χ4n) is 3.47. The number of rotatable bonds is 5. The van der Waals surface area contributed by atoms with Gasteiger partial charge in [-0.2, -0.15) is 5.10 Å². The van der Waals surface area contributed by atoms with Crippen molar-refractivity contribution in [1.82, 2.24) is 29.5 Å². The van der Waals surface area contributed by atoms with Crippen LogP contribution in [0.4, 0.5) is 11.5 Å². The molecule has 32 heavy (non-hydrogen) atoms. The number of benzene rings is 1. The van der Waals surface area contributed by atoms with E-state index in [1.165, 1.54) is 12.5 Å². The topological polar surface area (TPSA) is 98.4 Å². The van der Waals surface area contributed by atoms with Crippen molar-refractivity contribution in [2.24, 2.45) is 7.05 Å². The number of hydrogen-bond donors (Lipinski definition) is 2. The van der Waals surface area contributed by atoms with Gasteiger partial charge in [0.1, 0.15) is 23.3 Å². The second-order valence-electron chi connectivity index (χ2n) is 7.09. The van der Waals surface area contributed by atoms with Gasteiger partial charge in [0.05, 0.1) is 34.0 Å². The largest absolute Gasteiger partial charge is 0.454 e. The van der Waals surface area contributed by atoms with Gasteiger partial charge < -0.3 is 19.9 Å². The van der Waals surface area contributed by atoms with Gasteiger partial charge in [0.15, 0.2) is 5.82 Å². The molecule has 1 amide bonds. The monoisotopic (exact) mass is 447 g/mol. The Balaban J connectivity index is 1.39. The third-order valence-electron chi connectivity index (χ3n) is 5.04. The van der Waals surface area contributed by atoms with Crippen molar-refractivity contribution >= 4 is 45.6 Å². The van der Waals surface area contributed by atoms with Crippen LogP contribution in [0.25, 0.3) is 16.6 Å². The summed E-state index contributed by atoms with van der Waals surface area (Å²) in [5.74, 6) is 1.51. The maximum atomic E-state index is 11.9. The summed E-state index contributed by atoms with van der Waals surface area (Å²) < 4.78 is 9.49. The molecule has 0 bridgehead atoms. The lowest BCUT2D eigenvalue weighted by Gasteiger charge is -2.12. The first-order chi connectivity index (χ1) is 15.5. The molecule has 0 aliphatic rings. The minimum atomic E-state index is -0.198. The molecule has 1 aromatic carbocycles. The highest BCUT2D eigenvalue weighted by atomic mass is 35.5. The normalized spacial score (nSPS) is 11.1. The molecule has 4 aromatic heterocycles. The van der Waals surface area contributed by atoms with Crippen LogP contribution in [0, 0.1) is 0 Å². The van der Waals surface area contributed by atoms with E-state index in [-0.39, 0.29) is 5.91 Å². The molecule has 0 atom stereocenters. The fraction of sp³-hybridized carbons (Fsp3) is 0.0909. The number of aromatic nitrogens is 5. The van der Waals surface area contributed by atoms with Crippen LogP contribution in [0.3, 0.4) is 0 Å². The van der Waals surface area contributed by atoms with Crippen LogP contribution >= 0.6 is 11.6 Å². The lowest BCUT2D eigenvalue weighted by atomic mass is 10.2. The molecule has 2 N–H and O–H groups in total. The van der Waals surface area contributed by atoms with Crippen molar-refractivity contribution in [3.05, 3.63) is 71.9 Å². The van der Waals surface area contributed by atoms with Gasteiger partial charge in [0.2, 0.25) is 0 Å². The number of anilines is 2. The SMILES string of the molecule is CNC(=O)c1cnn2cc(Oc3ccc(Nc4ncnc5ccn(C)c45)cc3Cl)ccc12. The molecule has 0 fully saturated rings. The number of halogens is 1. The number of hydrogen-bond acceptors (Lipinski definition) is 6. The zero-order chi connectivity index (χ0) is 22.2. The number of carbonyl (C=O) groups excluding carboxylic acids is 1. The molecule has 0 aliphatic carbocycles. The van der Waals surface area contributed by atoms with Crippen LogP contribution in [-0.2, 0) is 7.05 Å². The molecule has 9 nitrogen and oxygen atoms in total. The standard InChI is InChI=1S/C22H18ClN7O2/c1-24-22(31)15-10-27-30-11-14(4-5-18(15)30)32-19-6-3-13(9-16(19)23)28-21-20-17(25-12-26-21)7-8-29(20)2/h3-12H,1-2H3,(H,24,31)(H,25,26,28).